The van der Waals surface area contributed by atoms with Gasteiger partial charge in [-0.15, -0.1) is 0 Å². The minimum atomic E-state index is -3.61. The molecule has 1 heterocycles. The summed E-state index contributed by atoms with van der Waals surface area (Å²) in [5.74, 6) is 0.803. The van der Waals surface area contributed by atoms with E-state index < -0.39 is 10.0 Å². The molecule has 0 spiro atoms. The van der Waals surface area contributed by atoms with Gasteiger partial charge in [0, 0.05) is 39.2 Å². The lowest BCUT2D eigenvalue weighted by molar-refractivity contribution is -0.129. The second-order valence-corrected chi connectivity index (χ2v) is 6.86. The highest BCUT2D eigenvalue weighted by molar-refractivity contribution is 7.89. The standard InChI is InChI=1S/C14H20N2O5S/c1-11(17)15-6-8-16(9-7-15)22(18,19)12-4-5-13(20-2)14(10-12)21-3/h4-5,10H,6-9H2,1-3H3. The summed E-state index contributed by atoms with van der Waals surface area (Å²) in [6.07, 6.45) is 0. The number of carbonyl (C=O) groups is 1. The molecule has 0 radical (unpaired) electrons. The van der Waals surface area contributed by atoms with Crippen LogP contribution >= 0.6 is 0 Å². The van der Waals surface area contributed by atoms with Gasteiger partial charge < -0.3 is 14.4 Å². The summed E-state index contributed by atoms with van der Waals surface area (Å²) in [7, 11) is -0.658. The van der Waals surface area contributed by atoms with Crippen LogP contribution in [0.5, 0.6) is 11.5 Å². The van der Waals surface area contributed by atoms with Gasteiger partial charge in [-0.1, -0.05) is 0 Å². The molecule has 1 fully saturated rings. The maximum Gasteiger partial charge on any atom is 0.243 e. The Morgan fingerprint density at radius 1 is 1.05 bits per heavy atom. The second-order valence-electron chi connectivity index (χ2n) is 4.93. The van der Waals surface area contributed by atoms with E-state index in [0.29, 0.717) is 24.6 Å². The van der Waals surface area contributed by atoms with Crippen LogP contribution < -0.4 is 9.47 Å². The maximum atomic E-state index is 12.7. The Bertz CT molecular complexity index is 651. The highest BCUT2D eigenvalue weighted by Crippen LogP contribution is 2.30. The fourth-order valence-corrected chi connectivity index (χ4v) is 3.81. The van der Waals surface area contributed by atoms with Gasteiger partial charge in [-0.25, -0.2) is 8.42 Å². The van der Waals surface area contributed by atoms with Gasteiger partial charge in [0.1, 0.15) is 0 Å². The van der Waals surface area contributed by atoms with Gasteiger partial charge in [-0.05, 0) is 12.1 Å². The van der Waals surface area contributed by atoms with Crippen LogP contribution in [-0.2, 0) is 14.8 Å². The van der Waals surface area contributed by atoms with Crippen LogP contribution in [0.3, 0.4) is 0 Å². The lowest BCUT2D eigenvalue weighted by Crippen LogP contribution is -2.49. The van der Waals surface area contributed by atoms with Crippen LogP contribution in [0.2, 0.25) is 0 Å². The molecule has 0 aromatic heterocycles. The number of sulfonamides is 1. The number of rotatable bonds is 4. The monoisotopic (exact) mass is 328 g/mol. The molecule has 22 heavy (non-hydrogen) atoms. The largest absolute Gasteiger partial charge is 0.493 e. The molecular weight excluding hydrogens is 308 g/mol. The number of piperazine rings is 1. The predicted molar refractivity (Wildman–Crippen MR) is 80.6 cm³/mol. The third-order valence-electron chi connectivity index (χ3n) is 3.68. The van der Waals surface area contributed by atoms with E-state index in [1.165, 1.54) is 37.6 Å². The van der Waals surface area contributed by atoms with Gasteiger partial charge in [-0.2, -0.15) is 4.31 Å². The van der Waals surface area contributed by atoms with Crippen molar-refractivity contribution in [3.05, 3.63) is 18.2 Å². The first-order chi connectivity index (χ1) is 10.4. The molecule has 1 aliphatic heterocycles. The average Bonchev–Trinajstić information content (AvgIpc) is 2.54. The molecule has 0 saturated carbocycles. The molecular formula is C14H20N2O5S. The fourth-order valence-electron chi connectivity index (χ4n) is 2.37. The van der Waals surface area contributed by atoms with Crippen LogP contribution in [-0.4, -0.2) is 63.9 Å². The molecule has 0 N–H and O–H groups in total. The van der Waals surface area contributed by atoms with Crippen LogP contribution in [0.4, 0.5) is 0 Å². The van der Waals surface area contributed by atoms with E-state index in [1.54, 1.807) is 11.0 Å². The zero-order valence-electron chi connectivity index (χ0n) is 12.9. The minimum Gasteiger partial charge on any atom is -0.493 e. The quantitative estimate of drug-likeness (QED) is 0.807. The zero-order valence-corrected chi connectivity index (χ0v) is 13.7. The van der Waals surface area contributed by atoms with E-state index in [2.05, 4.69) is 0 Å². The molecule has 7 nitrogen and oxygen atoms in total. The van der Waals surface area contributed by atoms with Crippen molar-refractivity contribution in [2.24, 2.45) is 0 Å². The fraction of sp³-hybridized carbons (Fsp3) is 0.500. The summed E-state index contributed by atoms with van der Waals surface area (Å²) in [6, 6.07) is 4.51. The number of hydrogen-bond donors (Lipinski definition) is 0. The Balaban J connectivity index is 2.22. The van der Waals surface area contributed by atoms with Gasteiger partial charge in [0.05, 0.1) is 19.1 Å². The Kier molecular flexibility index (Phi) is 4.92. The number of hydrogen-bond acceptors (Lipinski definition) is 5. The van der Waals surface area contributed by atoms with Crippen LogP contribution in [0.25, 0.3) is 0 Å². The Labute approximate surface area is 130 Å². The van der Waals surface area contributed by atoms with E-state index in [-0.39, 0.29) is 23.9 Å². The van der Waals surface area contributed by atoms with Crippen LogP contribution in [0.15, 0.2) is 23.1 Å². The summed E-state index contributed by atoms with van der Waals surface area (Å²) >= 11 is 0. The van der Waals surface area contributed by atoms with Crippen molar-refractivity contribution in [1.29, 1.82) is 0 Å². The number of methoxy groups -OCH3 is 2. The first-order valence-corrected chi connectivity index (χ1v) is 8.32. The smallest absolute Gasteiger partial charge is 0.243 e. The van der Waals surface area contributed by atoms with Crippen molar-refractivity contribution in [1.82, 2.24) is 9.21 Å². The highest BCUT2D eigenvalue weighted by atomic mass is 32.2. The molecule has 1 aliphatic rings. The van der Waals surface area contributed by atoms with Gasteiger partial charge >= 0.3 is 0 Å². The summed E-state index contributed by atoms with van der Waals surface area (Å²) in [5, 5.41) is 0. The van der Waals surface area contributed by atoms with Crippen molar-refractivity contribution >= 4 is 15.9 Å². The first-order valence-electron chi connectivity index (χ1n) is 6.88. The normalized spacial score (nSPS) is 16.4. The molecule has 122 valence electrons. The summed E-state index contributed by atoms with van der Waals surface area (Å²) in [6.45, 7) is 2.87. The number of carbonyl (C=O) groups excluding carboxylic acids is 1. The molecule has 0 bridgehead atoms. The topological polar surface area (TPSA) is 76.2 Å². The highest BCUT2D eigenvalue weighted by Gasteiger charge is 2.29. The third kappa shape index (κ3) is 3.17. The van der Waals surface area contributed by atoms with Gasteiger partial charge in [-0.3, -0.25) is 4.79 Å². The molecule has 0 unspecified atom stereocenters. The predicted octanol–water partition coefficient (Wildman–Crippen LogP) is 0.557. The Hall–Kier alpha value is -1.80. The van der Waals surface area contributed by atoms with E-state index in [0.717, 1.165) is 0 Å². The number of ether oxygens (including phenoxy) is 2. The number of amides is 1. The Morgan fingerprint density at radius 3 is 2.14 bits per heavy atom. The van der Waals surface area contributed by atoms with Crippen molar-refractivity contribution in [2.75, 3.05) is 40.4 Å². The van der Waals surface area contributed by atoms with E-state index in [9.17, 15) is 13.2 Å². The summed E-state index contributed by atoms with van der Waals surface area (Å²) < 4.78 is 37.0. The molecule has 2 rings (SSSR count). The third-order valence-corrected chi connectivity index (χ3v) is 5.57. The average molecular weight is 328 g/mol. The molecule has 8 heteroatoms. The van der Waals surface area contributed by atoms with E-state index >= 15 is 0 Å². The van der Waals surface area contributed by atoms with E-state index in [1.807, 2.05) is 0 Å². The Morgan fingerprint density at radius 2 is 1.64 bits per heavy atom. The lowest BCUT2D eigenvalue weighted by Gasteiger charge is -2.33. The SMILES string of the molecule is COc1ccc(S(=O)(=O)N2CCN(C(C)=O)CC2)cc1OC. The van der Waals surface area contributed by atoms with Crippen LogP contribution in [0, 0.1) is 0 Å². The molecule has 1 aromatic carbocycles. The van der Waals surface area contributed by atoms with Gasteiger partial charge in [0.15, 0.2) is 11.5 Å². The van der Waals surface area contributed by atoms with Crippen molar-refractivity contribution in [3.63, 3.8) is 0 Å². The summed E-state index contributed by atoms with van der Waals surface area (Å²) in [4.78, 5) is 13.1. The van der Waals surface area contributed by atoms with Gasteiger partial charge in [0.2, 0.25) is 15.9 Å². The van der Waals surface area contributed by atoms with Gasteiger partial charge in [0.25, 0.3) is 0 Å². The van der Waals surface area contributed by atoms with Crippen molar-refractivity contribution in [2.45, 2.75) is 11.8 Å². The van der Waals surface area contributed by atoms with Crippen LogP contribution in [0.1, 0.15) is 6.92 Å². The number of benzene rings is 1. The van der Waals surface area contributed by atoms with Crippen molar-refractivity contribution < 1.29 is 22.7 Å². The molecule has 1 aromatic rings. The molecule has 1 saturated heterocycles. The molecule has 0 atom stereocenters. The van der Waals surface area contributed by atoms with Crippen molar-refractivity contribution in [3.8, 4) is 11.5 Å². The molecule has 1 amide bonds. The minimum absolute atomic E-state index is 0.0387. The number of nitrogens with zero attached hydrogens (tertiary/aromatic N) is 2. The lowest BCUT2D eigenvalue weighted by atomic mass is 10.3. The van der Waals surface area contributed by atoms with E-state index in [4.69, 9.17) is 9.47 Å². The molecule has 0 aliphatic carbocycles. The maximum absolute atomic E-state index is 12.7. The zero-order chi connectivity index (χ0) is 16.3. The second kappa shape index (κ2) is 6.53. The summed E-state index contributed by atoms with van der Waals surface area (Å²) in [5.41, 5.74) is 0. The first kappa shape index (κ1) is 16.6.